The van der Waals surface area contributed by atoms with E-state index >= 15 is 0 Å². The van der Waals surface area contributed by atoms with E-state index in [1.807, 2.05) is 27.7 Å². The van der Waals surface area contributed by atoms with Crippen molar-refractivity contribution in [3.05, 3.63) is 27.7 Å². The number of carbonyl (C=O) groups excluding carboxylic acids is 1. The van der Waals surface area contributed by atoms with E-state index in [1.54, 1.807) is 11.0 Å². The van der Waals surface area contributed by atoms with Crippen molar-refractivity contribution < 1.29 is 4.79 Å². The number of hydrogen-bond donors (Lipinski definition) is 1. The molecule has 2 N–H and O–H groups in total. The average Bonchev–Trinajstić information content (AvgIpc) is 2.32. The molecule has 0 aliphatic rings. The zero-order chi connectivity index (χ0) is 14.7. The number of carbonyl (C=O) groups is 1. The lowest BCUT2D eigenvalue weighted by Crippen LogP contribution is -2.43. The number of halogens is 2. The molecule has 0 aromatic heterocycles. The molecule has 1 rings (SSSR count). The Morgan fingerprint density at radius 2 is 1.89 bits per heavy atom. The molecule has 1 aromatic rings. The lowest BCUT2D eigenvalue weighted by molar-refractivity contribution is 0.0623. The number of rotatable bonds is 4. The highest BCUT2D eigenvalue weighted by Gasteiger charge is 2.25. The standard InChI is InChI=1S/C14H20Cl2N2O/c1-5-9(4)18(8(2)3)14(19)11-6-10(15)7-12(16)13(11)17/h6-9H,5,17H2,1-4H3. The van der Waals surface area contributed by atoms with E-state index in [0.717, 1.165) is 6.42 Å². The zero-order valence-corrected chi connectivity index (χ0v) is 13.2. The van der Waals surface area contributed by atoms with Crippen molar-refractivity contribution in [1.82, 2.24) is 4.90 Å². The van der Waals surface area contributed by atoms with Crippen LogP contribution < -0.4 is 5.73 Å². The zero-order valence-electron chi connectivity index (χ0n) is 11.7. The monoisotopic (exact) mass is 302 g/mol. The van der Waals surface area contributed by atoms with Gasteiger partial charge in [-0.3, -0.25) is 4.79 Å². The van der Waals surface area contributed by atoms with Crippen LogP contribution in [0.15, 0.2) is 12.1 Å². The molecule has 0 aliphatic heterocycles. The van der Waals surface area contributed by atoms with Gasteiger partial charge >= 0.3 is 0 Å². The number of nitrogens with two attached hydrogens (primary N) is 1. The SMILES string of the molecule is CCC(C)N(C(=O)c1cc(Cl)cc(Cl)c1N)C(C)C. The molecule has 1 unspecified atom stereocenters. The Kier molecular flexibility index (Phi) is 5.50. The van der Waals surface area contributed by atoms with Crippen LogP contribution in [0.1, 0.15) is 44.5 Å². The summed E-state index contributed by atoms with van der Waals surface area (Å²) >= 11 is 11.9. The third kappa shape index (κ3) is 3.54. The quantitative estimate of drug-likeness (QED) is 0.846. The van der Waals surface area contributed by atoms with Crippen molar-refractivity contribution >= 4 is 34.8 Å². The normalized spacial score (nSPS) is 12.6. The van der Waals surface area contributed by atoms with Crippen molar-refractivity contribution in [2.75, 3.05) is 5.73 Å². The number of nitrogen functional groups attached to an aromatic ring is 1. The van der Waals surface area contributed by atoms with Crippen LogP contribution in [-0.2, 0) is 0 Å². The molecule has 0 heterocycles. The fourth-order valence-corrected chi connectivity index (χ4v) is 2.53. The van der Waals surface area contributed by atoms with Crippen LogP contribution in [-0.4, -0.2) is 22.9 Å². The lowest BCUT2D eigenvalue weighted by atomic mass is 10.1. The van der Waals surface area contributed by atoms with Gasteiger partial charge in [0.05, 0.1) is 16.3 Å². The fourth-order valence-electron chi connectivity index (χ4n) is 2.04. The Labute approximate surface area is 124 Å². The Morgan fingerprint density at radius 1 is 1.32 bits per heavy atom. The summed E-state index contributed by atoms with van der Waals surface area (Å²) in [6.07, 6.45) is 0.873. The predicted octanol–water partition coefficient (Wildman–Crippen LogP) is 4.22. The molecule has 0 fully saturated rings. The van der Waals surface area contributed by atoms with E-state index in [1.165, 1.54) is 6.07 Å². The second-order valence-corrected chi connectivity index (χ2v) is 5.76. The molecule has 0 spiro atoms. The highest BCUT2D eigenvalue weighted by atomic mass is 35.5. The molecular weight excluding hydrogens is 283 g/mol. The maximum absolute atomic E-state index is 12.6. The molecule has 0 radical (unpaired) electrons. The second kappa shape index (κ2) is 6.49. The molecule has 1 aromatic carbocycles. The Balaban J connectivity index is 3.24. The Hall–Kier alpha value is -0.930. The van der Waals surface area contributed by atoms with Crippen LogP contribution in [0.5, 0.6) is 0 Å². The summed E-state index contributed by atoms with van der Waals surface area (Å²) in [5, 5.41) is 0.721. The van der Waals surface area contributed by atoms with Gasteiger partial charge in [0, 0.05) is 17.1 Å². The highest BCUT2D eigenvalue weighted by Crippen LogP contribution is 2.29. The molecule has 3 nitrogen and oxygen atoms in total. The van der Waals surface area contributed by atoms with E-state index in [-0.39, 0.29) is 23.7 Å². The first-order chi connectivity index (χ1) is 8.79. The largest absolute Gasteiger partial charge is 0.397 e. The summed E-state index contributed by atoms with van der Waals surface area (Å²) in [5.41, 5.74) is 6.54. The predicted molar refractivity (Wildman–Crippen MR) is 81.9 cm³/mol. The van der Waals surface area contributed by atoms with Crippen LogP contribution in [0.25, 0.3) is 0 Å². The number of amides is 1. The van der Waals surface area contributed by atoms with Crippen molar-refractivity contribution in [1.29, 1.82) is 0 Å². The third-order valence-electron chi connectivity index (χ3n) is 3.18. The summed E-state index contributed by atoms with van der Waals surface area (Å²) in [6.45, 7) is 8.01. The first kappa shape index (κ1) is 16.1. The fraction of sp³-hybridized carbons (Fsp3) is 0.500. The third-order valence-corrected chi connectivity index (χ3v) is 3.71. The van der Waals surface area contributed by atoms with Crippen LogP contribution in [0.2, 0.25) is 10.0 Å². The van der Waals surface area contributed by atoms with Crippen LogP contribution in [0.3, 0.4) is 0 Å². The summed E-state index contributed by atoms with van der Waals surface area (Å²) in [5.74, 6) is -0.133. The smallest absolute Gasteiger partial charge is 0.256 e. The maximum Gasteiger partial charge on any atom is 0.256 e. The van der Waals surface area contributed by atoms with Gasteiger partial charge in [0.15, 0.2) is 0 Å². The van der Waals surface area contributed by atoms with E-state index in [9.17, 15) is 4.79 Å². The molecule has 0 saturated carbocycles. The molecule has 1 atom stereocenters. The van der Waals surface area contributed by atoms with Gasteiger partial charge in [-0.25, -0.2) is 0 Å². The van der Waals surface area contributed by atoms with Crippen molar-refractivity contribution in [2.24, 2.45) is 0 Å². The molecule has 19 heavy (non-hydrogen) atoms. The van der Waals surface area contributed by atoms with E-state index in [4.69, 9.17) is 28.9 Å². The minimum atomic E-state index is -0.133. The minimum Gasteiger partial charge on any atom is -0.397 e. The number of anilines is 1. The number of hydrogen-bond acceptors (Lipinski definition) is 2. The van der Waals surface area contributed by atoms with Crippen molar-refractivity contribution in [2.45, 2.75) is 46.2 Å². The lowest BCUT2D eigenvalue weighted by Gasteiger charge is -2.33. The van der Waals surface area contributed by atoms with Gasteiger partial charge in [-0.15, -0.1) is 0 Å². The molecule has 0 bridgehead atoms. The summed E-state index contributed by atoms with van der Waals surface area (Å²) in [6, 6.07) is 3.32. The Bertz CT molecular complexity index is 475. The van der Waals surface area contributed by atoms with Gasteiger partial charge in [0.2, 0.25) is 0 Å². The molecule has 106 valence electrons. The molecular formula is C14H20Cl2N2O. The number of benzene rings is 1. The van der Waals surface area contributed by atoms with Crippen LogP contribution in [0.4, 0.5) is 5.69 Å². The van der Waals surface area contributed by atoms with E-state index in [0.29, 0.717) is 15.6 Å². The molecule has 5 heteroatoms. The Morgan fingerprint density at radius 3 is 2.37 bits per heavy atom. The van der Waals surface area contributed by atoms with Gasteiger partial charge < -0.3 is 10.6 Å². The topological polar surface area (TPSA) is 46.3 Å². The average molecular weight is 303 g/mol. The molecule has 0 saturated heterocycles. The second-order valence-electron chi connectivity index (χ2n) is 4.91. The summed E-state index contributed by atoms with van der Waals surface area (Å²) in [7, 11) is 0. The summed E-state index contributed by atoms with van der Waals surface area (Å²) in [4.78, 5) is 14.4. The van der Waals surface area contributed by atoms with Gasteiger partial charge in [-0.1, -0.05) is 30.1 Å². The maximum atomic E-state index is 12.6. The molecule has 0 aliphatic carbocycles. The van der Waals surface area contributed by atoms with E-state index in [2.05, 4.69) is 0 Å². The number of nitrogens with zero attached hydrogens (tertiary/aromatic N) is 1. The minimum absolute atomic E-state index is 0.0830. The van der Waals surface area contributed by atoms with Crippen LogP contribution >= 0.6 is 23.2 Å². The molecule has 1 amide bonds. The highest BCUT2D eigenvalue weighted by molar-refractivity contribution is 6.37. The van der Waals surface area contributed by atoms with Crippen LogP contribution in [0, 0.1) is 0 Å². The first-order valence-corrected chi connectivity index (χ1v) is 7.12. The van der Waals surface area contributed by atoms with E-state index < -0.39 is 0 Å². The van der Waals surface area contributed by atoms with Gasteiger partial charge in [0.25, 0.3) is 5.91 Å². The van der Waals surface area contributed by atoms with Crippen molar-refractivity contribution in [3.63, 3.8) is 0 Å². The van der Waals surface area contributed by atoms with Gasteiger partial charge in [-0.2, -0.15) is 0 Å². The van der Waals surface area contributed by atoms with Crippen molar-refractivity contribution in [3.8, 4) is 0 Å². The first-order valence-electron chi connectivity index (χ1n) is 6.36. The van der Waals surface area contributed by atoms with Gasteiger partial charge in [0.1, 0.15) is 0 Å². The van der Waals surface area contributed by atoms with Gasteiger partial charge in [-0.05, 0) is 39.3 Å². The summed E-state index contributed by atoms with van der Waals surface area (Å²) < 4.78 is 0.